The maximum Gasteiger partial charge on any atom is 0.358 e. The van der Waals surface area contributed by atoms with Crippen molar-refractivity contribution in [1.82, 2.24) is 15.0 Å². The monoisotopic (exact) mass is 277 g/mol. The molecule has 0 radical (unpaired) electrons. The van der Waals surface area contributed by atoms with Crippen LogP contribution in [0.2, 0.25) is 0 Å². The topological polar surface area (TPSA) is 107 Å². The van der Waals surface area contributed by atoms with Crippen molar-refractivity contribution >= 4 is 5.97 Å². The molecule has 0 saturated carbocycles. The molecule has 1 aliphatic heterocycles. The summed E-state index contributed by atoms with van der Waals surface area (Å²) in [4.78, 5) is 11.2. The Hall–Kier alpha value is -2.61. The number of nitrogens with zero attached hydrogens (tertiary/aromatic N) is 3. The van der Waals surface area contributed by atoms with Gasteiger partial charge < -0.3 is 19.7 Å². The molecule has 2 heterocycles. The first-order valence-corrected chi connectivity index (χ1v) is 5.88. The first kappa shape index (κ1) is 12.4. The van der Waals surface area contributed by atoms with Crippen molar-refractivity contribution in [1.29, 1.82) is 0 Å². The molecule has 0 fully saturated rings. The van der Waals surface area contributed by atoms with E-state index in [-0.39, 0.29) is 25.6 Å². The minimum atomic E-state index is -1.18. The number of rotatable bonds is 4. The summed E-state index contributed by atoms with van der Waals surface area (Å²) in [6.07, 6.45) is 0. The molecule has 104 valence electrons. The van der Waals surface area contributed by atoms with Gasteiger partial charge in [-0.25, -0.2) is 9.48 Å². The van der Waals surface area contributed by atoms with Gasteiger partial charge in [0, 0.05) is 5.56 Å². The largest absolute Gasteiger partial charge is 0.476 e. The molecule has 8 nitrogen and oxygen atoms in total. The maximum absolute atomic E-state index is 11.2. The summed E-state index contributed by atoms with van der Waals surface area (Å²) < 4.78 is 11.8. The predicted octanol–water partition coefficient (Wildman–Crippen LogP) is 0.364. The quantitative estimate of drug-likeness (QED) is 0.831. The standard InChI is InChI=1S/C12H11N3O5/c16-4-3-15-11(10(12(17)18)13-14-15)7-1-2-8-9(5-7)20-6-19-8/h1-2,5,16H,3-4,6H2,(H,17,18). The van der Waals surface area contributed by atoms with Crippen LogP contribution >= 0.6 is 0 Å². The van der Waals surface area contributed by atoms with E-state index >= 15 is 0 Å². The van der Waals surface area contributed by atoms with Crippen molar-refractivity contribution in [2.24, 2.45) is 0 Å². The van der Waals surface area contributed by atoms with E-state index in [1.807, 2.05) is 0 Å². The number of aliphatic hydroxyl groups is 1. The molecule has 3 rings (SSSR count). The van der Waals surface area contributed by atoms with Crippen LogP contribution in [0.3, 0.4) is 0 Å². The molecular formula is C12H11N3O5. The average Bonchev–Trinajstić information content (AvgIpc) is 3.04. The highest BCUT2D eigenvalue weighted by Gasteiger charge is 2.22. The number of aromatic nitrogens is 3. The third-order valence-electron chi connectivity index (χ3n) is 2.90. The lowest BCUT2D eigenvalue weighted by atomic mass is 10.1. The van der Waals surface area contributed by atoms with E-state index in [9.17, 15) is 4.79 Å². The van der Waals surface area contributed by atoms with Crippen molar-refractivity contribution in [3.8, 4) is 22.8 Å². The van der Waals surface area contributed by atoms with E-state index in [1.165, 1.54) is 4.68 Å². The summed E-state index contributed by atoms with van der Waals surface area (Å²) in [6, 6.07) is 5.06. The van der Waals surface area contributed by atoms with Gasteiger partial charge in [0.25, 0.3) is 0 Å². The van der Waals surface area contributed by atoms with Crippen LogP contribution in [0.4, 0.5) is 0 Å². The molecule has 1 aromatic heterocycles. The fraction of sp³-hybridized carbons (Fsp3) is 0.250. The van der Waals surface area contributed by atoms with Crippen LogP contribution in [0.15, 0.2) is 18.2 Å². The zero-order valence-corrected chi connectivity index (χ0v) is 10.3. The van der Waals surface area contributed by atoms with Gasteiger partial charge in [-0.05, 0) is 18.2 Å². The number of fused-ring (bicyclic) bond motifs is 1. The number of hydrogen-bond donors (Lipinski definition) is 2. The summed E-state index contributed by atoms with van der Waals surface area (Å²) in [7, 11) is 0. The number of carboxylic acids is 1. The highest BCUT2D eigenvalue weighted by molar-refractivity contribution is 5.92. The Morgan fingerprint density at radius 3 is 2.90 bits per heavy atom. The highest BCUT2D eigenvalue weighted by atomic mass is 16.7. The molecule has 1 aliphatic rings. The predicted molar refractivity (Wildman–Crippen MR) is 65.6 cm³/mol. The van der Waals surface area contributed by atoms with Gasteiger partial charge in [-0.2, -0.15) is 0 Å². The third-order valence-corrected chi connectivity index (χ3v) is 2.90. The Kier molecular flexibility index (Phi) is 2.99. The highest BCUT2D eigenvalue weighted by Crippen LogP contribution is 2.36. The lowest BCUT2D eigenvalue weighted by molar-refractivity contribution is 0.0691. The molecule has 1 aromatic carbocycles. The molecule has 0 unspecified atom stereocenters. The van der Waals surface area contributed by atoms with Gasteiger partial charge >= 0.3 is 5.97 Å². The van der Waals surface area contributed by atoms with Crippen LogP contribution in [0.25, 0.3) is 11.3 Å². The fourth-order valence-electron chi connectivity index (χ4n) is 2.04. The summed E-state index contributed by atoms with van der Waals surface area (Å²) in [5.41, 5.74) is 0.743. The zero-order chi connectivity index (χ0) is 14.1. The van der Waals surface area contributed by atoms with E-state index in [2.05, 4.69) is 10.3 Å². The number of aromatic carboxylic acids is 1. The molecule has 2 N–H and O–H groups in total. The second kappa shape index (κ2) is 4.82. The molecule has 8 heteroatoms. The zero-order valence-electron chi connectivity index (χ0n) is 10.3. The van der Waals surface area contributed by atoms with Gasteiger partial charge in [-0.15, -0.1) is 5.10 Å². The molecule has 0 atom stereocenters. The van der Waals surface area contributed by atoms with Crippen LogP contribution in [0.5, 0.6) is 11.5 Å². The molecule has 20 heavy (non-hydrogen) atoms. The van der Waals surface area contributed by atoms with Gasteiger partial charge in [0.05, 0.1) is 13.2 Å². The second-order valence-electron chi connectivity index (χ2n) is 4.11. The Morgan fingerprint density at radius 2 is 2.15 bits per heavy atom. The first-order valence-electron chi connectivity index (χ1n) is 5.88. The molecular weight excluding hydrogens is 266 g/mol. The SMILES string of the molecule is O=C(O)c1nnn(CCO)c1-c1ccc2c(c1)OCO2. The summed E-state index contributed by atoms with van der Waals surface area (Å²) in [5, 5.41) is 25.6. The van der Waals surface area contributed by atoms with Crippen LogP contribution in [-0.4, -0.2) is 44.6 Å². The van der Waals surface area contributed by atoms with E-state index in [0.29, 0.717) is 22.8 Å². The van der Waals surface area contributed by atoms with Gasteiger partial charge in [-0.3, -0.25) is 0 Å². The van der Waals surface area contributed by atoms with E-state index in [1.54, 1.807) is 18.2 Å². The summed E-state index contributed by atoms with van der Waals surface area (Å²) >= 11 is 0. The molecule has 0 aliphatic carbocycles. The Morgan fingerprint density at radius 1 is 1.35 bits per heavy atom. The molecule has 2 aromatic rings. The number of hydrogen-bond acceptors (Lipinski definition) is 6. The number of ether oxygens (including phenoxy) is 2. The molecule has 0 amide bonds. The number of carbonyl (C=O) groups is 1. The molecule has 0 spiro atoms. The van der Waals surface area contributed by atoms with Gasteiger partial charge in [-0.1, -0.05) is 5.21 Å². The maximum atomic E-state index is 11.2. The fourth-order valence-corrected chi connectivity index (χ4v) is 2.04. The minimum absolute atomic E-state index is 0.138. The van der Waals surface area contributed by atoms with E-state index < -0.39 is 5.97 Å². The van der Waals surface area contributed by atoms with E-state index in [4.69, 9.17) is 19.7 Å². The smallest absolute Gasteiger partial charge is 0.358 e. The Labute approximate surface area is 113 Å². The first-order chi connectivity index (χ1) is 9.70. The van der Waals surface area contributed by atoms with Crippen LogP contribution in [-0.2, 0) is 6.54 Å². The average molecular weight is 277 g/mol. The second-order valence-corrected chi connectivity index (χ2v) is 4.11. The van der Waals surface area contributed by atoms with Crippen molar-refractivity contribution in [3.05, 3.63) is 23.9 Å². The van der Waals surface area contributed by atoms with Gasteiger partial charge in [0.15, 0.2) is 17.2 Å². The normalized spacial score (nSPS) is 12.7. The molecule has 0 saturated heterocycles. The van der Waals surface area contributed by atoms with Gasteiger partial charge in [0.2, 0.25) is 6.79 Å². The summed E-state index contributed by atoms with van der Waals surface area (Å²) in [6.45, 7) is 0.128. The van der Waals surface area contributed by atoms with Crippen LogP contribution in [0, 0.1) is 0 Å². The Bertz CT molecular complexity index is 667. The number of aliphatic hydroxyl groups excluding tert-OH is 1. The third kappa shape index (κ3) is 1.95. The van der Waals surface area contributed by atoms with E-state index in [0.717, 1.165) is 0 Å². The van der Waals surface area contributed by atoms with Crippen LogP contribution < -0.4 is 9.47 Å². The van der Waals surface area contributed by atoms with Gasteiger partial charge in [0.1, 0.15) is 5.69 Å². The van der Waals surface area contributed by atoms with Crippen molar-refractivity contribution in [2.75, 3.05) is 13.4 Å². The minimum Gasteiger partial charge on any atom is -0.476 e. The number of benzene rings is 1. The van der Waals surface area contributed by atoms with Crippen LogP contribution in [0.1, 0.15) is 10.5 Å². The Balaban J connectivity index is 2.12. The van der Waals surface area contributed by atoms with Crippen molar-refractivity contribution in [3.63, 3.8) is 0 Å². The number of carboxylic acid groups (broad SMARTS) is 1. The summed E-state index contributed by atoms with van der Waals surface area (Å²) in [5.74, 6) is -0.0377. The van der Waals surface area contributed by atoms with Crippen molar-refractivity contribution < 1.29 is 24.5 Å². The lowest BCUT2D eigenvalue weighted by Crippen LogP contribution is -2.07. The lowest BCUT2D eigenvalue weighted by Gasteiger charge is -2.06. The van der Waals surface area contributed by atoms with Crippen molar-refractivity contribution in [2.45, 2.75) is 6.54 Å². The molecule has 0 bridgehead atoms.